The summed E-state index contributed by atoms with van der Waals surface area (Å²) in [5.41, 5.74) is 1.97. The van der Waals surface area contributed by atoms with Crippen molar-refractivity contribution in [1.29, 1.82) is 0 Å². The molecule has 0 bridgehead atoms. The molecular formula is C9H9BrClN3. The minimum Gasteiger partial charge on any atom is -0.332 e. The number of halogens is 2. The molecule has 0 unspecified atom stereocenters. The summed E-state index contributed by atoms with van der Waals surface area (Å²) < 4.78 is 2.97. The van der Waals surface area contributed by atoms with Crippen LogP contribution in [-0.4, -0.2) is 14.5 Å². The van der Waals surface area contributed by atoms with Gasteiger partial charge in [-0.15, -0.1) is 0 Å². The van der Waals surface area contributed by atoms with Crippen LogP contribution in [0.3, 0.4) is 0 Å². The van der Waals surface area contributed by atoms with Crippen LogP contribution in [0.1, 0.15) is 11.5 Å². The largest absolute Gasteiger partial charge is 0.332 e. The minimum absolute atomic E-state index is 0.503. The Bertz CT molecular complexity index is 518. The second-order valence-electron chi connectivity index (χ2n) is 3.22. The first-order valence-corrected chi connectivity index (χ1v) is 5.34. The molecule has 0 N–H and O–H groups in total. The molecule has 2 heterocycles. The van der Waals surface area contributed by atoms with Gasteiger partial charge in [0.2, 0.25) is 0 Å². The predicted molar refractivity (Wildman–Crippen MR) is 60.7 cm³/mol. The number of aryl methyl sites for hydroxylation is 2. The Morgan fingerprint density at radius 1 is 1.29 bits per heavy atom. The lowest BCUT2D eigenvalue weighted by Gasteiger charge is -1.98. The van der Waals surface area contributed by atoms with Gasteiger partial charge in [0.05, 0.1) is 9.86 Å². The van der Waals surface area contributed by atoms with Crippen LogP contribution in [-0.2, 0) is 7.05 Å². The highest BCUT2D eigenvalue weighted by atomic mass is 79.9. The van der Waals surface area contributed by atoms with E-state index in [0.29, 0.717) is 11.0 Å². The summed E-state index contributed by atoms with van der Waals surface area (Å²) in [6, 6.07) is 0. The van der Waals surface area contributed by atoms with Crippen LogP contribution in [0.2, 0.25) is 5.15 Å². The monoisotopic (exact) mass is 273 g/mol. The molecule has 2 rings (SSSR count). The Hall–Kier alpha value is -0.610. The average molecular weight is 275 g/mol. The van der Waals surface area contributed by atoms with Gasteiger partial charge in [0.25, 0.3) is 0 Å². The summed E-state index contributed by atoms with van der Waals surface area (Å²) in [4.78, 5) is 8.48. The summed E-state index contributed by atoms with van der Waals surface area (Å²) in [7, 11) is 1.96. The molecular weight excluding hydrogens is 265 g/mol. The van der Waals surface area contributed by atoms with Crippen LogP contribution >= 0.6 is 27.5 Å². The second kappa shape index (κ2) is 3.21. The van der Waals surface area contributed by atoms with Crippen LogP contribution in [0.25, 0.3) is 11.0 Å². The maximum atomic E-state index is 6.06. The molecule has 0 radical (unpaired) electrons. The number of nitrogens with zero attached hydrogens (tertiary/aromatic N) is 3. The summed E-state index contributed by atoms with van der Waals surface area (Å²) in [6.07, 6.45) is 0. The molecule has 0 aromatic carbocycles. The Labute approximate surface area is 95.2 Å². The van der Waals surface area contributed by atoms with Crippen molar-refractivity contribution in [1.82, 2.24) is 14.5 Å². The van der Waals surface area contributed by atoms with Gasteiger partial charge in [-0.3, -0.25) is 0 Å². The van der Waals surface area contributed by atoms with E-state index in [9.17, 15) is 0 Å². The van der Waals surface area contributed by atoms with Crippen molar-refractivity contribution in [3.05, 3.63) is 21.1 Å². The van der Waals surface area contributed by atoms with Gasteiger partial charge in [0.15, 0.2) is 0 Å². The van der Waals surface area contributed by atoms with E-state index in [2.05, 4.69) is 25.9 Å². The third-order valence-corrected chi connectivity index (χ3v) is 3.56. The summed E-state index contributed by atoms with van der Waals surface area (Å²) in [5, 5.41) is 1.39. The molecule has 0 aliphatic rings. The minimum atomic E-state index is 0.503. The number of aromatic nitrogens is 3. The molecule has 0 saturated heterocycles. The highest BCUT2D eigenvalue weighted by molar-refractivity contribution is 9.10. The van der Waals surface area contributed by atoms with E-state index >= 15 is 0 Å². The van der Waals surface area contributed by atoms with Crippen molar-refractivity contribution in [2.45, 2.75) is 13.8 Å². The van der Waals surface area contributed by atoms with Crippen molar-refractivity contribution in [2.75, 3.05) is 0 Å². The molecule has 0 spiro atoms. The molecule has 0 fully saturated rings. The van der Waals surface area contributed by atoms with Gasteiger partial charge in [0, 0.05) is 12.7 Å². The molecule has 2 aromatic heterocycles. The standard InChI is InChI=1S/C9H9BrClN3/c1-4-7(10)6-8(11)12-5(2)13-9(6)14(4)3/h1-3H3. The number of hydrogen-bond acceptors (Lipinski definition) is 2. The van der Waals surface area contributed by atoms with E-state index in [4.69, 9.17) is 11.6 Å². The zero-order valence-corrected chi connectivity index (χ0v) is 10.4. The predicted octanol–water partition coefficient (Wildman–Crippen LogP) is 3.00. The fraction of sp³-hybridized carbons (Fsp3) is 0.333. The van der Waals surface area contributed by atoms with E-state index in [0.717, 1.165) is 21.2 Å². The quantitative estimate of drug-likeness (QED) is 0.692. The van der Waals surface area contributed by atoms with E-state index in [1.165, 1.54) is 0 Å². The lowest BCUT2D eigenvalue weighted by atomic mass is 10.4. The van der Waals surface area contributed by atoms with Crippen molar-refractivity contribution >= 4 is 38.6 Å². The fourth-order valence-electron chi connectivity index (χ4n) is 1.44. The van der Waals surface area contributed by atoms with Crippen LogP contribution in [0.15, 0.2) is 4.47 Å². The molecule has 74 valence electrons. The number of hydrogen-bond donors (Lipinski definition) is 0. The van der Waals surface area contributed by atoms with Crippen molar-refractivity contribution in [2.24, 2.45) is 7.05 Å². The van der Waals surface area contributed by atoms with Gasteiger partial charge < -0.3 is 4.57 Å². The molecule has 2 aromatic rings. The van der Waals surface area contributed by atoms with Crippen LogP contribution < -0.4 is 0 Å². The first-order chi connectivity index (χ1) is 6.52. The Kier molecular flexibility index (Phi) is 2.27. The van der Waals surface area contributed by atoms with E-state index < -0.39 is 0 Å². The molecule has 0 aliphatic carbocycles. The second-order valence-corrected chi connectivity index (χ2v) is 4.37. The lowest BCUT2D eigenvalue weighted by Crippen LogP contribution is -1.95. The third kappa shape index (κ3) is 1.25. The average Bonchev–Trinajstić information content (AvgIpc) is 2.31. The van der Waals surface area contributed by atoms with E-state index in [1.54, 1.807) is 0 Å². The summed E-state index contributed by atoms with van der Waals surface area (Å²) >= 11 is 9.55. The maximum absolute atomic E-state index is 6.06. The smallest absolute Gasteiger partial charge is 0.146 e. The highest BCUT2D eigenvalue weighted by Gasteiger charge is 2.15. The van der Waals surface area contributed by atoms with Crippen molar-refractivity contribution in [3.8, 4) is 0 Å². The lowest BCUT2D eigenvalue weighted by molar-refractivity contribution is 0.889. The Balaban J connectivity index is 3.02. The molecule has 0 aliphatic heterocycles. The zero-order chi connectivity index (χ0) is 10.5. The van der Waals surface area contributed by atoms with Crippen molar-refractivity contribution < 1.29 is 0 Å². The first-order valence-electron chi connectivity index (χ1n) is 4.17. The van der Waals surface area contributed by atoms with Gasteiger partial charge in [-0.2, -0.15) is 0 Å². The maximum Gasteiger partial charge on any atom is 0.146 e. The topological polar surface area (TPSA) is 30.7 Å². The van der Waals surface area contributed by atoms with E-state index in [1.807, 2.05) is 25.5 Å². The Morgan fingerprint density at radius 3 is 2.57 bits per heavy atom. The molecule has 3 nitrogen and oxygen atoms in total. The SMILES string of the molecule is Cc1nc(Cl)c2c(Br)c(C)n(C)c2n1. The molecule has 0 atom stereocenters. The molecule has 5 heteroatoms. The molecule has 0 saturated carbocycles. The Morgan fingerprint density at radius 2 is 1.93 bits per heavy atom. The van der Waals surface area contributed by atoms with Crippen LogP contribution in [0, 0.1) is 13.8 Å². The van der Waals surface area contributed by atoms with Gasteiger partial charge >= 0.3 is 0 Å². The van der Waals surface area contributed by atoms with Gasteiger partial charge in [-0.25, -0.2) is 9.97 Å². The van der Waals surface area contributed by atoms with Gasteiger partial charge in [0.1, 0.15) is 16.6 Å². The highest BCUT2D eigenvalue weighted by Crippen LogP contribution is 2.32. The summed E-state index contributed by atoms with van der Waals surface area (Å²) in [6.45, 7) is 3.85. The molecule has 14 heavy (non-hydrogen) atoms. The third-order valence-electron chi connectivity index (χ3n) is 2.32. The number of rotatable bonds is 0. The van der Waals surface area contributed by atoms with Crippen LogP contribution in [0.4, 0.5) is 0 Å². The first kappa shape index (κ1) is 9.93. The van der Waals surface area contributed by atoms with Crippen LogP contribution in [0.5, 0.6) is 0 Å². The normalized spacial score (nSPS) is 11.2. The summed E-state index contributed by atoms with van der Waals surface area (Å²) in [5.74, 6) is 0.690. The molecule has 0 amide bonds. The van der Waals surface area contributed by atoms with Gasteiger partial charge in [-0.05, 0) is 29.8 Å². The van der Waals surface area contributed by atoms with E-state index in [-0.39, 0.29) is 0 Å². The van der Waals surface area contributed by atoms with Gasteiger partial charge in [-0.1, -0.05) is 11.6 Å². The fourth-order valence-corrected chi connectivity index (χ4v) is 2.49. The zero-order valence-electron chi connectivity index (χ0n) is 8.10. The van der Waals surface area contributed by atoms with Crippen molar-refractivity contribution in [3.63, 3.8) is 0 Å². The number of fused-ring (bicyclic) bond motifs is 1.